The highest BCUT2D eigenvalue weighted by Gasteiger charge is 2.26. The molecule has 3 aromatic carbocycles. The zero-order valence-corrected chi connectivity index (χ0v) is 22.1. The molecule has 0 aliphatic carbocycles. The van der Waals surface area contributed by atoms with Crippen LogP contribution in [0, 0.1) is 0 Å². The second-order valence-corrected chi connectivity index (χ2v) is 10.7. The van der Waals surface area contributed by atoms with Crippen LogP contribution in [0.4, 0.5) is 0 Å². The molecule has 0 bridgehead atoms. The van der Waals surface area contributed by atoms with Gasteiger partial charge in [-0.15, -0.1) is 0 Å². The summed E-state index contributed by atoms with van der Waals surface area (Å²) in [4.78, 5) is 15.4. The third-order valence-corrected chi connectivity index (χ3v) is 6.47. The van der Waals surface area contributed by atoms with Crippen LogP contribution in [0.25, 0.3) is 22.0 Å². The quantitative estimate of drug-likeness (QED) is 0.217. The lowest BCUT2D eigenvalue weighted by Gasteiger charge is -2.21. The van der Waals surface area contributed by atoms with Crippen molar-refractivity contribution < 1.29 is 19.7 Å². The van der Waals surface area contributed by atoms with Gasteiger partial charge in [0.15, 0.2) is 0 Å². The number of carboxylic acid groups (broad SMARTS) is 1. The number of benzene rings is 3. The molecule has 1 atom stereocenters. The largest absolute Gasteiger partial charge is 0.491 e. The van der Waals surface area contributed by atoms with E-state index in [9.17, 15) is 15.0 Å². The number of carboxylic acids is 1. The van der Waals surface area contributed by atoms with Crippen molar-refractivity contribution in [2.75, 3.05) is 13.2 Å². The molecule has 194 valence electrons. The summed E-state index contributed by atoms with van der Waals surface area (Å²) in [6.07, 6.45) is 0.0530. The van der Waals surface area contributed by atoms with Crippen molar-refractivity contribution in [3.05, 3.63) is 89.1 Å². The Bertz CT molecular complexity index is 1360. The number of carbonyl (C=O) groups is 1. The maximum atomic E-state index is 12.3. The van der Waals surface area contributed by atoms with Crippen molar-refractivity contribution in [1.82, 2.24) is 10.3 Å². The molecule has 0 radical (unpaired) electrons. The first-order valence-electron chi connectivity index (χ1n) is 12.7. The molecule has 0 fully saturated rings. The highest BCUT2D eigenvalue weighted by atomic mass is 16.5. The lowest BCUT2D eigenvalue weighted by molar-refractivity contribution is 0.0689. The molecule has 4 rings (SSSR count). The van der Waals surface area contributed by atoms with Crippen LogP contribution in [-0.2, 0) is 5.41 Å². The van der Waals surface area contributed by atoms with Gasteiger partial charge >= 0.3 is 5.97 Å². The Kier molecular flexibility index (Phi) is 7.71. The minimum absolute atomic E-state index is 0.0530. The lowest BCUT2D eigenvalue weighted by atomic mass is 9.86. The molecular weight excluding hydrogens is 464 g/mol. The molecule has 1 heterocycles. The Morgan fingerprint density at radius 3 is 2.19 bits per heavy atom. The number of aliphatic hydroxyl groups is 1. The van der Waals surface area contributed by atoms with Crippen LogP contribution in [0.15, 0.2) is 66.7 Å². The molecule has 0 saturated heterocycles. The number of aromatic nitrogens is 1. The van der Waals surface area contributed by atoms with E-state index in [-0.39, 0.29) is 23.8 Å². The van der Waals surface area contributed by atoms with Crippen LogP contribution in [0.3, 0.4) is 0 Å². The molecule has 6 heteroatoms. The van der Waals surface area contributed by atoms with E-state index in [1.165, 1.54) is 5.56 Å². The SMILES string of the molecule is CC(C)Oc1ccc(C(NCCO)c2c(C(=O)O)[nH]c3ccc(-c4ccc(C(C)(C)C)cc4)cc23)cc1. The minimum atomic E-state index is -1.03. The topological polar surface area (TPSA) is 94.6 Å². The fourth-order valence-electron chi connectivity index (χ4n) is 4.63. The van der Waals surface area contributed by atoms with E-state index in [2.05, 4.69) is 55.3 Å². The number of aliphatic hydroxyl groups excluding tert-OH is 1. The Morgan fingerprint density at radius 2 is 1.62 bits per heavy atom. The number of H-pyrrole nitrogens is 1. The lowest BCUT2D eigenvalue weighted by Crippen LogP contribution is -2.26. The van der Waals surface area contributed by atoms with Gasteiger partial charge in [-0.2, -0.15) is 0 Å². The Hall–Kier alpha value is -3.61. The van der Waals surface area contributed by atoms with Crippen LogP contribution < -0.4 is 10.1 Å². The molecule has 0 amide bonds. The molecule has 0 aliphatic heterocycles. The van der Waals surface area contributed by atoms with Crippen LogP contribution in [0.1, 0.15) is 67.8 Å². The summed E-state index contributed by atoms with van der Waals surface area (Å²) in [5, 5.41) is 23.8. The number of nitrogens with one attached hydrogen (secondary N) is 2. The number of rotatable bonds is 9. The third-order valence-electron chi connectivity index (χ3n) is 6.47. The smallest absolute Gasteiger partial charge is 0.352 e. The summed E-state index contributed by atoms with van der Waals surface area (Å²) < 4.78 is 5.79. The molecule has 0 saturated carbocycles. The van der Waals surface area contributed by atoms with Crippen molar-refractivity contribution in [1.29, 1.82) is 0 Å². The van der Waals surface area contributed by atoms with Gasteiger partial charge < -0.3 is 25.3 Å². The van der Waals surface area contributed by atoms with Crippen molar-refractivity contribution in [3.8, 4) is 16.9 Å². The number of fused-ring (bicyclic) bond motifs is 1. The number of aromatic amines is 1. The van der Waals surface area contributed by atoms with Crippen LogP contribution >= 0.6 is 0 Å². The average Bonchev–Trinajstić information content (AvgIpc) is 3.23. The van der Waals surface area contributed by atoms with Gasteiger partial charge in [-0.05, 0) is 65.8 Å². The number of aromatic carboxylic acids is 1. The van der Waals surface area contributed by atoms with Gasteiger partial charge in [0.25, 0.3) is 0 Å². The standard InChI is InChI=1S/C31H36N2O4/c1-19(2)37-24-13-8-21(9-14-24)28(32-16-17-34)27-25-18-22(10-15-26(25)33-29(27)30(35)36)20-6-11-23(12-7-20)31(3,4)5/h6-15,18-19,28,32-34H,16-17H2,1-5H3,(H,35,36). The van der Waals surface area contributed by atoms with Gasteiger partial charge in [-0.25, -0.2) is 4.79 Å². The van der Waals surface area contributed by atoms with Gasteiger partial charge in [0, 0.05) is 23.0 Å². The highest BCUT2D eigenvalue weighted by molar-refractivity contribution is 5.99. The van der Waals surface area contributed by atoms with Gasteiger partial charge in [0.1, 0.15) is 11.4 Å². The van der Waals surface area contributed by atoms with E-state index < -0.39 is 12.0 Å². The van der Waals surface area contributed by atoms with Crippen LogP contribution in [0.5, 0.6) is 5.75 Å². The fraction of sp³-hybridized carbons (Fsp3) is 0.323. The van der Waals surface area contributed by atoms with Gasteiger partial charge in [-0.3, -0.25) is 0 Å². The summed E-state index contributed by atoms with van der Waals surface area (Å²) in [5.41, 5.74) is 5.79. The minimum Gasteiger partial charge on any atom is -0.491 e. The summed E-state index contributed by atoms with van der Waals surface area (Å²) in [5.74, 6) is -0.282. The van der Waals surface area contributed by atoms with E-state index >= 15 is 0 Å². The van der Waals surface area contributed by atoms with E-state index in [1.54, 1.807) is 0 Å². The molecule has 0 spiro atoms. The van der Waals surface area contributed by atoms with Crippen molar-refractivity contribution >= 4 is 16.9 Å². The number of hydrogen-bond donors (Lipinski definition) is 4. The highest BCUT2D eigenvalue weighted by Crippen LogP contribution is 2.36. The average molecular weight is 501 g/mol. The molecular formula is C31H36N2O4. The predicted octanol–water partition coefficient (Wildman–Crippen LogP) is 6.29. The second-order valence-electron chi connectivity index (χ2n) is 10.7. The van der Waals surface area contributed by atoms with Gasteiger partial charge in [0.2, 0.25) is 0 Å². The summed E-state index contributed by atoms with van der Waals surface area (Å²) in [6, 6.07) is 21.7. The molecule has 6 nitrogen and oxygen atoms in total. The van der Waals surface area contributed by atoms with Crippen molar-refractivity contribution in [2.45, 2.75) is 52.2 Å². The molecule has 0 aliphatic rings. The predicted molar refractivity (Wildman–Crippen MR) is 149 cm³/mol. The first-order chi connectivity index (χ1) is 17.6. The molecule has 37 heavy (non-hydrogen) atoms. The van der Waals surface area contributed by atoms with E-state index in [4.69, 9.17) is 4.74 Å². The van der Waals surface area contributed by atoms with Gasteiger partial charge in [-0.1, -0.05) is 63.2 Å². The maximum absolute atomic E-state index is 12.3. The van der Waals surface area contributed by atoms with Crippen molar-refractivity contribution in [3.63, 3.8) is 0 Å². The molecule has 1 aromatic heterocycles. The van der Waals surface area contributed by atoms with Crippen LogP contribution in [0.2, 0.25) is 0 Å². The van der Waals surface area contributed by atoms with E-state index in [0.29, 0.717) is 12.1 Å². The first kappa shape index (κ1) is 26.5. The molecule has 4 aromatic rings. The zero-order valence-electron chi connectivity index (χ0n) is 22.1. The van der Waals surface area contributed by atoms with E-state index in [0.717, 1.165) is 33.3 Å². The summed E-state index contributed by atoms with van der Waals surface area (Å²) in [7, 11) is 0. The molecule has 4 N–H and O–H groups in total. The van der Waals surface area contributed by atoms with Crippen LogP contribution in [-0.4, -0.2) is 40.4 Å². The Balaban J connectivity index is 1.83. The fourth-order valence-corrected chi connectivity index (χ4v) is 4.63. The first-order valence-corrected chi connectivity index (χ1v) is 12.7. The van der Waals surface area contributed by atoms with Crippen molar-refractivity contribution in [2.24, 2.45) is 0 Å². The summed E-state index contributed by atoms with van der Waals surface area (Å²) in [6.45, 7) is 10.8. The Morgan fingerprint density at radius 1 is 0.973 bits per heavy atom. The van der Waals surface area contributed by atoms with E-state index in [1.807, 2.05) is 56.3 Å². The number of hydrogen-bond acceptors (Lipinski definition) is 4. The van der Waals surface area contributed by atoms with Gasteiger partial charge in [0.05, 0.1) is 18.8 Å². The second kappa shape index (κ2) is 10.8. The zero-order chi connectivity index (χ0) is 26.7. The monoisotopic (exact) mass is 500 g/mol. The third kappa shape index (κ3) is 5.87. The normalized spacial score (nSPS) is 12.7. The Labute approximate surface area is 218 Å². The summed E-state index contributed by atoms with van der Waals surface area (Å²) >= 11 is 0. The number of ether oxygens (including phenoxy) is 1. The maximum Gasteiger partial charge on any atom is 0.352 e. The molecule has 1 unspecified atom stereocenters.